The molecule has 0 saturated carbocycles. The van der Waals surface area contributed by atoms with Crippen molar-refractivity contribution in [3.05, 3.63) is 132 Å². The highest BCUT2D eigenvalue weighted by Crippen LogP contribution is 2.41. The molecule has 8 rings (SSSR count). The van der Waals surface area contributed by atoms with Crippen molar-refractivity contribution in [2.24, 2.45) is 0 Å². The first-order chi connectivity index (χ1) is 21.6. The summed E-state index contributed by atoms with van der Waals surface area (Å²) in [4.78, 5) is 0. The molecule has 2 heterocycles. The first-order valence-corrected chi connectivity index (χ1v) is 15.6. The van der Waals surface area contributed by atoms with Crippen LogP contribution in [-0.2, 0) is 0 Å². The van der Waals surface area contributed by atoms with Gasteiger partial charge < -0.3 is 0 Å². The zero-order chi connectivity index (χ0) is 29.8. The smallest absolute Gasteiger partial charge is 0.0991 e. The molecule has 0 aliphatic carbocycles. The van der Waals surface area contributed by atoms with Gasteiger partial charge in [0, 0.05) is 40.3 Å². The highest BCUT2D eigenvalue weighted by Gasteiger charge is 2.13. The lowest BCUT2D eigenvalue weighted by Crippen LogP contribution is -1.87. The van der Waals surface area contributed by atoms with Crippen LogP contribution in [0.2, 0.25) is 0 Å². The van der Waals surface area contributed by atoms with E-state index in [0.717, 1.165) is 64.3 Å². The minimum absolute atomic E-state index is 0.619. The van der Waals surface area contributed by atoms with Crippen LogP contribution in [0.3, 0.4) is 0 Å². The lowest BCUT2D eigenvalue weighted by Gasteiger charge is -2.12. The van der Waals surface area contributed by atoms with Gasteiger partial charge in [-0.05, 0) is 124 Å². The van der Waals surface area contributed by atoms with E-state index in [1.165, 1.54) is 9.40 Å². The molecule has 44 heavy (non-hydrogen) atoms. The Bertz CT molecular complexity index is 2450. The van der Waals surface area contributed by atoms with Gasteiger partial charge in [-0.1, -0.05) is 24.3 Å². The maximum absolute atomic E-state index is 9.59. The van der Waals surface area contributed by atoms with Gasteiger partial charge in [-0.2, -0.15) is 15.8 Å². The van der Waals surface area contributed by atoms with Gasteiger partial charge in [-0.15, -0.1) is 22.7 Å². The number of hydrogen-bond acceptors (Lipinski definition) is 5. The second-order valence-electron chi connectivity index (χ2n) is 10.8. The van der Waals surface area contributed by atoms with Crippen molar-refractivity contribution in [2.45, 2.75) is 0 Å². The van der Waals surface area contributed by atoms with E-state index in [4.69, 9.17) is 0 Å². The Morgan fingerprint density at radius 2 is 0.727 bits per heavy atom. The molecule has 6 aromatic carbocycles. The van der Waals surface area contributed by atoms with E-state index in [1.807, 2.05) is 60.7 Å². The van der Waals surface area contributed by atoms with E-state index in [-0.39, 0.29) is 0 Å². The van der Waals surface area contributed by atoms with E-state index in [9.17, 15) is 15.8 Å². The van der Waals surface area contributed by atoms with Gasteiger partial charge in [-0.25, -0.2) is 0 Å². The Morgan fingerprint density at radius 1 is 0.341 bits per heavy atom. The largest absolute Gasteiger partial charge is 0.192 e. The predicted octanol–water partition coefficient (Wildman–Crippen LogP) is 11.0. The SMILES string of the molecule is N#Cc1cccc(-c2cc(-c3ccc4sc5ccc(C#N)cc5c4c3)cc(-c3ccc4sc5ccc(C#N)cc5c4c3)c2)c1. The fourth-order valence-corrected chi connectivity index (χ4v) is 8.08. The van der Waals surface area contributed by atoms with Gasteiger partial charge in [0.1, 0.15) is 0 Å². The maximum atomic E-state index is 9.59. The number of nitrogens with zero attached hydrogens (tertiary/aromatic N) is 3. The molecule has 5 heteroatoms. The van der Waals surface area contributed by atoms with Crippen LogP contribution in [0.15, 0.2) is 115 Å². The lowest BCUT2D eigenvalue weighted by molar-refractivity contribution is 1.48. The van der Waals surface area contributed by atoms with Crippen LogP contribution in [0.5, 0.6) is 0 Å². The van der Waals surface area contributed by atoms with E-state index in [0.29, 0.717) is 16.7 Å². The van der Waals surface area contributed by atoms with Gasteiger partial charge in [-0.3, -0.25) is 0 Å². The zero-order valence-electron chi connectivity index (χ0n) is 23.1. The molecule has 3 nitrogen and oxygen atoms in total. The molecular formula is C39H19N3S2. The van der Waals surface area contributed by atoms with Crippen LogP contribution in [-0.4, -0.2) is 0 Å². The molecule has 0 unspecified atom stereocenters. The summed E-state index contributed by atoms with van der Waals surface area (Å²) in [5.41, 5.74) is 8.24. The van der Waals surface area contributed by atoms with Crippen LogP contribution in [0, 0.1) is 34.0 Å². The Morgan fingerprint density at radius 3 is 1.18 bits per heavy atom. The van der Waals surface area contributed by atoms with Crippen LogP contribution < -0.4 is 0 Å². The Labute approximate surface area is 261 Å². The first-order valence-electron chi connectivity index (χ1n) is 14.0. The quantitative estimate of drug-likeness (QED) is 0.205. The van der Waals surface area contributed by atoms with E-state index in [2.05, 4.69) is 72.8 Å². The minimum atomic E-state index is 0.619. The molecule has 0 aliphatic rings. The predicted molar refractivity (Wildman–Crippen MR) is 183 cm³/mol. The average Bonchev–Trinajstić information content (AvgIpc) is 3.64. The van der Waals surface area contributed by atoms with Crippen molar-refractivity contribution in [3.8, 4) is 51.6 Å². The Balaban J connectivity index is 1.35. The molecule has 0 aliphatic heterocycles. The normalized spacial score (nSPS) is 11.1. The summed E-state index contributed by atoms with van der Waals surface area (Å²) in [5, 5.41) is 33.1. The van der Waals surface area contributed by atoms with E-state index < -0.39 is 0 Å². The third-order valence-corrected chi connectivity index (χ3v) is 10.4. The van der Waals surface area contributed by atoms with Gasteiger partial charge >= 0.3 is 0 Å². The summed E-state index contributed by atoms with van der Waals surface area (Å²) in [6.45, 7) is 0. The van der Waals surface area contributed by atoms with Crippen LogP contribution in [0.4, 0.5) is 0 Å². The zero-order valence-corrected chi connectivity index (χ0v) is 24.8. The summed E-state index contributed by atoms with van der Waals surface area (Å²) in [5.74, 6) is 0. The summed E-state index contributed by atoms with van der Waals surface area (Å²) >= 11 is 3.47. The summed E-state index contributed by atoms with van der Waals surface area (Å²) in [6.07, 6.45) is 0. The van der Waals surface area contributed by atoms with Gasteiger partial charge in [0.25, 0.3) is 0 Å². The number of fused-ring (bicyclic) bond motifs is 6. The van der Waals surface area contributed by atoms with Crippen LogP contribution in [0.1, 0.15) is 16.7 Å². The first kappa shape index (κ1) is 25.9. The van der Waals surface area contributed by atoms with Gasteiger partial charge in [0.05, 0.1) is 34.9 Å². The number of hydrogen-bond donors (Lipinski definition) is 0. The van der Waals surface area contributed by atoms with E-state index >= 15 is 0 Å². The van der Waals surface area contributed by atoms with Crippen molar-refractivity contribution >= 4 is 63.0 Å². The highest BCUT2D eigenvalue weighted by atomic mass is 32.1. The molecular weight excluding hydrogens is 575 g/mol. The highest BCUT2D eigenvalue weighted by molar-refractivity contribution is 7.26. The minimum Gasteiger partial charge on any atom is -0.192 e. The maximum Gasteiger partial charge on any atom is 0.0991 e. The molecule has 0 fully saturated rings. The average molecular weight is 594 g/mol. The summed E-state index contributed by atoms with van der Waals surface area (Å²) in [7, 11) is 0. The molecule has 0 bridgehead atoms. The van der Waals surface area contributed by atoms with Crippen molar-refractivity contribution in [1.82, 2.24) is 0 Å². The second-order valence-corrected chi connectivity index (χ2v) is 12.9. The third kappa shape index (κ3) is 4.30. The molecule has 0 amide bonds. The van der Waals surface area contributed by atoms with Crippen molar-refractivity contribution in [1.29, 1.82) is 15.8 Å². The number of nitriles is 3. The topological polar surface area (TPSA) is 71.4 Å². The molecule has 2 aromatic heterocycles. The molecule has 0 spiro atoms. The monoisotopic (exact) mass is 593 g/mol. The Hall–Kier alpha value is -5.77. The van der Waals surface area contributed by atoms with Crippen LogP contribution >= 0.6 is 22.7 Å². The number of benzene rings is 6. The standard InChI is InChI=1S/C39H19N3S2/c40-20-23-2-1-3-26(12-23)29-15-30(27-6-10-38-34(18-27)32-13-24(21-41)4-8-36(32)43-38)17-31(16-29)28-7-11-39-35(19-28)33-14-25(22-42)5-9-37(33)44-39/h1-19H. The summed E-state index contributed by atoms with van der Waals surface area (Å²) < 4.78 is 4.69. The fraction of sp³-hybridized carbons (Fsp3) is 0. The molecule has 0 saturated heterocycles. The fourth-order valence-electron chi connectivity index (χ4n) is 5.95. The number of rotatable bonds is 3. The molecule has 0 radical (unpaired) electrons. The van der Waals surface area contributed by atoms with E-state index in [1.54, 1.807) is 22.7 Å². The number of thiophene rings is 2. The third-order valence-electron chi connectivity index (χ3n) is 8.12. The van der Waals surface area contributed by atoms with Gasteiger partial charge in [0.15, 0.2) is 0 Å². The molecule has 0 N–H and O–H groups in total. The molecule has 8 aromatic rings. The van der Waals surface area contributed by atoms with Crippen molar-refractivity contribution in [2.75, 3.05) is 0 Å². The van der Waals surface area contributed by atoms with Crippen molar-refractivity contribution < 1.29 is 0 Å². The lowest BCUT2D eigenvalue weighted by atomic mass is 9.92. The van der Waals surface area contributed by atoms with Crippen molar-refractivity contribution in [3.63, 3.8) is 0 Å². The summed E-state index contributed by atoms with van der Waals surface area (Å²) in [6, 6.07) is 46.0. The van der Waals surface area contributed by atoms with Gasteiger partial charge in [0.2, 0.25) is 0 Å². The second kappa shape index (κ2) is 10.2. The molecule has 0 atom stereocenters. The molecule has 202 valence electrons. The van der Waals surface area contributed by atoms with Crippen LogP contribution in [0.25, 0.3) is 73.7 Å². The Kier molecular flexibility index (Phi) is 6.00.